The molecule has 0 spiro atoms. The number of ketones is 1. The van der Waals surface area contributed by atoms with Crippen LogP contribution in [0.15, 0.2) is 18.5 Å². The second-order valence-corrected chi connectivity index (χ2v) is 3.73. The van der Waals surface area contributed by atoms with Crippen molar-refractivity contribution in [3.05, 3.63) is 24.0 Å². The number of nitrogens with zero attached hydrogens (tertiary/aromatic N) is 2. The fourth-order valence-electron chi connectivity index (χ4n) is 1.86. The van der Waals surface area contributed by atoms with Crippen molar-refractivity contribution in [2.45, 2.75) is 19.8 Å². The zero-order chi connectivity index (χ0) is 9.97. The minimum Gasteiger partial charge on any atom is -0.364 e. The molecule has 1 saturated heterocycles. The Kier molecular flexibility index (Phi) is 2.48. The summed E-state index contributed by atoms with van der Waals surface area (Å²) in [7, 11) is 0. The van der Waals surface area contributed by atoms with E-state index in [1.807, 2.05) is 19.2 Å². The maximum Gasteiger partial charge on any atom is 0.152 e. The van der Waals surface area contributed by atoms with E-state index in [4.69, 9.17) is 0 Å². The number of carbonyl (C=O) groups is 1. The average Bonchev–Trinajstić information content (AvgIpc) is 2.18. The topological polar surface area (TPSA) is 33.2 Å². The SMILES string of the molecule is Cc1cnccc1N1CCCC(=O)C1. The third-order valence-corrected chi connectivity index (χ3v) is 2.58. The molecule has 2 rings (SSSR count). The molecule has 0 amide bonds. The van der Waals surface area contributed by atoms with Crippen LogP contribution in [0.25, 0.3) is 0 Å². The predicted molar refractivity (Wildman–Crippen MR) is 55.4 cm³/mol. The summed E-state index contributed by atoms with van der Waals surface area (Å²) >= 11 is 0. The Labute approximate surface area is 83.8 Å². The van der Waals surface area contributed by atoms with E-state index in [0.717, 1.165) is 30.6 Å². The van der Waals surface area contributed by atoms with E-state index >= 15 is 0 Å². The zero-order valence-corrected chi connectivity index (χ0v) is 8.36. The second kappa shape index (κ2) is 3.78. The molecule has 1 aliphatic rings. The second-order valence-electron chi connectivity index (χ2n) is 3.73. The Morgan fingerprint density at radius 2 is 2.36 bits per heavy atom. The van der Waals surface area contributed by atoms with E-state index < -0.39 is 0 Å². The Bertz CT molecular complexity index is 349. The van der Waals surface area contributed by atoms with Gasteiger partial charge in [-0.25, -0.2) is 0 Å². The summed E-state index contributed by atoms with van der Waals surface area (Å²) in [6.07, 6.45) is 5.33. The Morgan fingerprint density at radius 1 is 1.50 bits per heavy atom. The molecule has 2 heterocycles. The van der Waals surface area contributed by atoms with Crippen LogP contribution in [0.2, 0.25) is 0 Å². The van der Waals surface area contributed by atoms with Crippen LogP contribution in [0, 0.1) is 6.92 Å². The van der Waals surface area contributed by atoms with Gasteiger partial charge in [0.15, 0.2) is 5.78 Å². The summed E-state index contributed by atoms with van der Waals surface area (Å²) in [5.74, 6) is 0.340. The van der Waals surface area contributed by atoms with Crippen LogP contribution in [-0.4, -0.2) is 23.9 Å². The predicted octanol–water partition coefficient (Wildman–Crippen LogP) is 1.56. The van der Waals surface area contributed by atoms with Crippen LogP contribution in [0.1, 0.15) is 18.4 Å². The third kappa shape index (κ3) is 1.76. The fraction of sp³-hybridized carbons (Fsp3) is 0.455. The number of rotatable bonds is 1. The molecule has 1 aromatic heterocycles. The van der Waals surface area contributed by atoms with Crippen molar-refractivity contribution < 1.29 is 4.79 Å². The van der Waals surface area contributed by atoms with Crippen LogP contribution in [0.3, 0.4) is 0 Å². The van der Waals surface area contributed by atoms with Gasteiger partial charge in [-0.1, -0.05) is 0 Å². The lowest BCUT2D eigenvalue weighted by Crippen LogP contribution is -2.35. The lowest BCUT2D eigenvalue weighted by Gasteiger charge is -2.28. The maximum atomic E-state index is 11.3. The first kappa shape index (κ1) is 9.19. The molecule has 0 aliphatic carbocycles. The number of Topliss-reactive ketones (excluding diaryl/α,β-unsaturated/α-hetero) is 1. The highest BCUT2D eigenvalue weighted by atomic mass is 16.1. The Balaban J connectivity index is 2.22. The lowest BCUT2D eigenvalue weighted by atomic mass is 10.1. The van der Waals surface area contributed by atoms with Crippen LogP contribution >= 0.6 is 0 Å². The van der Waals surface area contributed by atoms with Crippen molar-refractivity contribution in [3.8, 4) is 0 Å². The largest absolute Gasteiger partial charge is 0.364 e. The van der Waals surface area contributed by atoms with Crippen molar-refractivity contribution >= 4 is 11.5 Å². The number of carbonyl (C=O) groups excluding carboxylic acids is 1. The van der Waals surface area contributed by atoms with E-state index in [2.05, 4.69) is 9.88 Å². The molecule has 3 heteroatoms. The quantitative estimate of drug-likeness (QED) is 0.673. The van der Waals surface area contributed by atoms with Gasteiger partial charge in [0.25, 0.3) is 0 Å². The number of piperidine rings is 1. The van der Waals surface area contributed by atoms with E-state index in [1.54, 1.807) is 6.20 Å². The van der Waals surface area contributed by atoms with Gasteiger partial charge >= 0.3 is 0 Å². The van der Waals surface area contributed by atoms with Crippen molar-refractivity contribution in [1.29, 1.82) is 0 Å². The Hall–Kier alpha value is -1.38. The van der Waals surface area contributed by atoms with Gasteiger partial charge in [-0.3, -0.25) is 9.78 Å². The van der Waals surface area contributed by atoms with Gasteiger partial charge in [-0.15, -0.1) is 0 Å². The van der Waals surface area contributed by atoms with Crippen LogP contribution in [-0.2, 0) is 4.79 Å². The number of anilines is 1. The maximum absolute atomic E-state index is 11.3. The molecule has 1 aliphatic heterocycles. The number of aromatic nitrogens is 1. The first-order valence-corrected chi connectivity index (χ1v) is 4.94. The molecule has 0 bridgehead atoms. The van der Waals surface area contributed by atoms with Crippen LogP contribution in [0.4, 0.5) is 5.69 Å². The molecule has 0 saturated carbocycles. The van der Waals surface area contributed by atoms with Gasteiger partial charge in [0.05, 0.1) is 6.54 Å². The first-order chi connectivity index (χ1) is 6.77. The van der Waals surface area contributed by atoms with Crippen molar-refractivity contribution in [3.63, 3.8) is 0 Å². The van der Waals surface area contributed by atoms with Crippen molar-refractivity contribution in [2.75, 3.05) is 18.0 Å². The van der Waals surface area contributed by atoms with E-state index in [9.17, 15) is 4.79 Å². The summed E-state index contributed by atoms with van der Waals surface area (Å²) in [5, 5.41) is 0. The normalized spacial score (nSPS) is 17.2. The summed E-state index contributed by atoms with van der Waals surface area (Å²) < 4.78 is 0. The van der Waals surface area contributed by atoms with Crippen molar-refractivity contribution in [2.24, 2.45) is 0 Å². The van der Waals surface area contributed by atoms with E-state index in [1.165, 1.54) is 0 Å². The number of pyridine rings is 1. The van der Waals surface area contributed by atoms with Crippen molar-refractivity contribution in [1.82, 2.24) is 4.98 Å². The summed E-state index contributed by atoms with van der Waals surface area (Å²) in [6, 6.07) is 1.98. The molecule has 0 radical (unpaired) electrons. The molecule has 0 N–H and O–H groups in total. The van der Waals surface area contributed by atoms with Gasteiger partial charge in [-0.05, 0) is 25.0 Å². The van der Waals surface area contributed by atoms with E-state index in [-0.39, 0.29) is 0 Å². The highest BCUT2D eigenvalue weighted by Gasteiger charge is 2.17. The lowest BCUT2D eigenvalue weighted by molar-refractivity contribution is -0.118. The molecule has 0 unspecified atom stereocenters. The Morgan fingerprint density at radius 3 is 3.07 bits per heavy atom. The highest BCUT2D eigenvalue weighted by Crippen LogP contribution is 2.21. The van der Waals surface area contributed by atoms with Gasteiger partial charge in [0.2, 0.25) is 0 Å². The standard InChI is InChI=1S/C11H14N2O/c1-9-7-12-5-4-11(9)13-6-2-3-10(14)8-13/h4-5,7H,2-3,6,8H2,1H3. The highest BCUT2D eigenvalue weighted by molar-refractivity contribution is 5.84. The molecular formula is C11H14N2O. The average molecular weight is 190 g/mol. The monoisotopic (exact) mass is 190 g/mol. The molecular weight excluding hydrogens is 176 g/mol. The molecule has 74 valence electrons. The minimum absolute atomic E-state index is 0.340. The third-order valence-electron chi connectivity index (χ3n) is 2.58. The first-order valence-electron chi connectivity index (χ1n) is 4.94. The van der Waals surface area contributed by atoms with Gasteiger partial charge in [-0.2, -0.15) is 0 Å². The number of aryl methyl sites for hydroxylation is 1. The van der Waals surface area contributed by atoms with E-state index in [0.29, 0.717) is 12.3 Å². The number of hydrogen-bond donors (Lipinski definition) is 0. The number of hydrogen-bond acceptors (Lipinski definition) is 3. The smallest absolute Gasteiger partial charge is 0.152 e. The van der Waals surface area contributed by atoms with Gasteiger partial charge < -0.3 is 4.90 Å². The van der Waals surface area contributed by atoms with Crippen LogP contribution < -0.4 is 4.90 Å². The fourth-order valence-corrected chi connectivity index (χ4v) is 1.86. The molecule has 3 nitrogen and oxygen atoms in total. The van der Waals surface area contributed by atoms with Gasteiger partial charge in [0, 0.05) is 31.0 Å². The summed E-state index contributed by atoms with van der Waals surface area (Å²) in [5.41, 5.74) is 2.29. The molecule has 1 fully saturated rings. The van der Waals surface area contributed by atoms with Gasteiger partial charge in [0.1, 0.15) is 0 Å². The molecule has 1 aromatic rings. The zero-order valence-electron chi connectivity index (χ0n) is 8.36. The summed E-state index contributed by atoms with van der Waals surface area (Å²) in [6.45, 7) is 3.57. The molecule has 14 heavy (non-hydrogen) atoms. The van der Waals surface area contributed by atoms with Crippen LogP contribution in [0.5, 0.6) is 0 Å². The molecule has 0 aromatic carbocycles. The summed E-state index contributed by atoms with van der Waals surface area (Å²) in [4.78, 5) is 17.5. The molecule has 0 atom stereocenters. The minimum atomic E-state index is 0.340.